The standard InChI is InChI=1S/C14H22F3N5/c1-21(2)10(9-5-6-9)8-18-13-19-11(14(15,16)17)7-12(20-13)22(3)4/h7,9-10H,5-6,8H2,1-4H3,(H,18,19,20). The predicted molar refractivity (Wildman–Crippen MR) is 80.0 cm³/mol. The molecule has 0 aliphatic heterocycles. The minimum absolute atomic E-state index is 0.0195. The van der Waals surface area contributed by atoms with Gasteiger partial charge >= 0.3 is 6.18 Å². The topological polar surface area (TPSA) is 44.3 Å². The van der Waals surface area contributed by atoms with E-state index in [2.05, 4.69) is 20.2 Å². The number of rotatable bonds is 6. The van der Waals surface area contributed by atoms with Gasteiger partial charge in [0.15, 0.2) is 5.69 Å². The van der Waals surface area contributed by atoms with E-state index in [0.29, 0.717) is 12.5 Å². The average Bonchev–Trinajstić information content (AvgIpc) is 3.21. The number of halogens is 3. The van der Waals surface area contributed by atoms with Crippen molar-refractivity contribution in [3.05, 3.63) is 11.8 Å². The number of anilines is 2. The number of hydrogen-bond acceptors (Lipinski definition) is 5. The van der Waals surface area contributed by atoms with E-state index >= 15 is 0 Å². The molecule has 2 rings (SSSR count). The Morgan fingerprint density at radius 3 is 2.32 bits per heavy atom. The van der Waals surface area contributed by atoms with Crippen LogP contribution in [0.4, 0.5) is 24.9 Å². The molecule has 1 aliphatic rings. The van der Waals surface area contributed by atoms with Crippen molar-refractivity contribution < 1.29 is 13.2 Å². The van der Waals surface area contributed by atoms with E-state index in [-0.39, 0.29) is 17.8 Å². The van der Waals surface area contributed by atoms with Crippen LogP contribution in [-0.4, -0.2) is 55.6 Å². The summed E-state index contributed by atoms with van der Waals surface area (Å²) in [5, 5.41) is 2.96. The Labute approximate surface area is 128 Å². The average molecular weight is 317 g/mol. The number of nitrogens with one attached hydrogen (secondary N) is 1. The third kappa shape index (κ3) is 4.22. The summed E-state index contributed by atoms with van der Waals surface area (Å²) in [5.74, 6) is 0.852. The van der Waals surface area contributed by atoms with Crippen molar-refractivity contribution >= 4 is 11.8 Å². The number of nitrogens with zero attached hydrogens (tertiary/aromatic N) is 4. The maximum absolute atomic E-state index is 12.9. The highest BCUT2D eigenvalue weighted by atomic mass is 19.4. The number of alkyl halides is 3. The van der Waals surface area contributed by atoms with E-state index in [1.54, 1.807) is 14.1 Å². The molecule has 0 saturated heterocycles. The quantitative estimate of drug-likeness (QED) is 0.872. The van der Waals surface area contributed by atoms with Crippen LogP contribution in [0.2, 0.25) is 0 Å². The number of likely N-dealkylation sites (N-methyl/N-ethyl adjacent to an activating group) is 1. The van der Waals surface area contributed by atoms with Gasteiger partial charge in [0.25, 0.3) is 0 Å². The molecular weight excluding hydrogens is 295 g/mol. The van der Waals surface area contributed by atoms with Crippen LogP contribution in [0, 0.1) is 5.92 Å². The molecule has 1 atom stereocenters. The second-order valence-electron chi connectivity index (χ2n) is 6.08. The van der Waals surface area contributed by atoms with Gasteiger partial charge in [-0.1, -0.05) is 0 Å². The van der Waals surface area contributed by atoms with Crippen LogP contribution in [0.15, 0.2) is 6.07 Å². The summed E-state index contributed by atoms with van der Waals surface area (Å²) in [6.07, 6.45) is -2.16. The highest BCUT2D eigenvalue weighted by Gasteiger charge is 2.35. The lowest BCUT2D eigenvalue weighted by Gasteiger charge is -2.24. The number of aromatic nitrogens is 2. The Morgan fingerprint density at radius 2 is 1.86 bits per heavy atom. The lowest BCUT2D eigenvalue weighted by Crippen LogP contribution is -2.36. The molecule has 124 valence electrons. The monoisotopic (exact) mass is 317 g/mol. The van der Waals surface area contributed by atoms with Gasteiger partial charge in [-0.15, -0.1) is 0 Å². The van der Waals surface area contributed by atoms with Gasteiger partial charge in [-0.2, -0.15) is 18.2 Å². The smallest absolute Gasteiger partial charge is 0.363 e. The van der Waals surface area contributed by atoms with Gasteiger partial charge in [-0.05, 0) is 32.9 Å². The van der Waals surface area contributed by atoms with Crippen molar-refractivity contribution in [1.29, 1.82) is 0 Å². The van der Waals surface area contributed by atoms with Gasteiger partial charge in [0.05, 0.1) is 0 Å². The van der Waals surface area contributed by atoms with Crippen molar-refractivity contribution in [3.8, 4) is 0 Å². The fourth-order valence-electron chi connectivity index (χ4n) is 2.34. The molecule has 1 fully saturated rings. The molecular formula is C14H22F3N5. The van der Waals surface area contributed by atoms with Crippen LogP contribution in [0.3, 0.4) is 0 Å². The Bertz CT molecular complexity index is 510. The summed E-state index contributed by atoms with van der Waals surface area (Å²) >= 11 is 0. The van der Waals surface area contributed by atoms with E-state index in [1.165, 1.54) is 4.90 Å². The first-order valence-corrected chi connectivity index (χ1v) is 7.22. The zero-order chi connectivity index (χ0) is 16.5. The van der Waals surface area contributed by atoms with E-state index in [1.807, 2.05) is 14.1 Å². The molecule has 1 saturated carbocycles. The van der Waals surface area contributed by atoms with Gasteiger partial charge in [-0.3, -0.25) is 0 Å². The van der Waals surface area contributed by atoms with Crippen LogP contribution >= 0.6 is 0 Å². The second-order valence-corrected chi connectivity index (χ2v) is 6.08. The van der Waals surface area contributed by atoms with E-state index in [4.69, 9.17) is 0 Å². The summed E-state index contributed by atoms with van der Waals surface area (Å²) in [5.41, 5.74) is -0.929. The lowest BCUT2D eigenvalue weighted by atomic mass is 10.1. The zero-order valence-corrected chi connectivity index (χ0v) is 13.3. The SMILES string of the molecule is CN(C)c1cc(C(F)(F)F)nc(NCC(C2CC2)N(C)C)n1. The van der Waals surface area contributed by atoms with Crippen LogP contribution in [0.5, 0.6) is 0 Å². The van der Waals surface area contributed by atoms with Crippen LogP contribution < -0.4 is 10.2 Å². The van der Waals surface area contributed by atoms with Gasteiger partial charge < -0.3 is 15.1 Å². The van der Waals surface area contributed by atoms with Crippen LogP contribution in [-0.2, 0) is 6.18 Å². The van der Waals surface area contributed by atoms with Gasteiger partial charge in [0, 0.05) is 32.7 Å². The molecule has 1 aromatic rings. The predicted octanol–water partition coefficient (Wildman–Crippen LogP) is 2.31. The summed E-state index contributed by atoms with van der Waals surface area (Å²) in [7, 11) is 7.25. The molecule has 0 aromatic carbocycles. The summed E-state index contributed by atoms with van der Waals surface area (Å²) in [6.45, 7) is 0.534. The zero-order valence-electron chi connectivity index (χ0n) is 13.3. The molecule has 8 heteroatoms. The van der Waals surface area contributed by atoms with Gasteiger partial charge in [0.1, 0.15) is 5.82 Å². The van der Waals surface area contributed by atoms with Crippen molar-refractivity contribution in [2.75, 3.05) is 45.0 Å². The molecule has 1 heterocycles. The maximum atomic E-state index is 12.9. The Morgan fingerprint density at radius 1 is 1.23 bits per heavy atom. The first-order chi connectivity index (χ1) is 10.2. The third-order valence-electron chi connectivity index (χ3n) is 3.76. The normalized spacial score (nSPS) is 16.7. The highest BCUT2D eigenvalue weighted by Crippen LogP contribution is 2.35. The minimum Gasteiger partial charge on any atom is -0.363 e. The Kier molecular flexibility index (Phi) is 4.79. The van der Waals surface area contributed by atoms with Crippen molar-refractivity contribution in [2.45, 2.75) is 25.1 Å². The number of hydrogen-bond donors (Lipinski definition) is 1. The molecule has 0 amide bonds. The van der Waals surface area contributed by atoms with Gasteiger partial charge in [0.2, 0.25) is 5.95 Å². The summed E-state index contributed by atoms with van der Waals surface area (Å²) in [6, 6.07) is 1.23. The molecule has 1 N–H and O–H groups in total. The van der Waals surface area contributed by atoms with E-state index in [9.17, 15) is 13.2 Å². The van der Waals surface area contributed by atoms with Crippen molar-refractivity contribution in [3.63, 3.8) is 0 Å². The molecule has 0 bridgehead atoms. The third-order valence-corrected chi connectivity index (χ3v) is 3.76. The highest BCUT2D eigenvalue weighted by molar-refractivity contribution is 5.44. The van der Waals surface area contributed by atoms with E-state index < -0.39 is 11.9 Å². The van der Waals surface area contributed by atoms with Crippen LogP contribution in [0.25, 0.3) is 0 Å². The summed E-state index contributed by atoms with van der Waals surface area (Å²) < 4.78 is 38.8. The van der Waals surface area contributed by atoms with Crippen LogP contribution in [0.1, 0.15) is 18.5 Å². The van der Waals surface area contributed by atoms with Gasteiger partial charge in [-0.25, -0.2) is 4.98 Å². The summed E-state index contributed by atoms with van der Waals surface area (Å²) in [4.78, 5) is 11.4. The Balaban J connectivity index is 2.17. The maximum Gasteiger partial charge on any atom is 0.433 e. The fraction of sp³-hybridized carbons (Fsp3) is 0.714. The second kappa shape index (κ2) is 6.28. The lowest BCUT2D eigenvalue weighted by molar-refractivity contribution is -0.141. The van der Waals surface area contributed by atoms with Crippen molar-refractivity contribution in [2.24, 2.45) is 5.92 Å². The molecule has 22 heavy (non-hydrogen) atoms. The molecule has 0 radical (unpaired) electrons. The largest absolute Gasteiger partial charge is 0.433 e. The first kappa shape index (κ1) is 16.8. The molecule has 1 unspecified atom stereocenters. The molecule has 1 aliphatic carbocycles. The molecule has 5 nitrogen and oxygen atoms in total. The Hall–Kier alpha value is -1.57. The fourth-order valence-corrected chi connectivity index (χ4v) is 2.34. The van der Waals surface area contributed by atoms with Crippen molar-refractivity contribution in [1.82, 2.24) is 14.9 Å². The minimum atomic E-state index is -4.48. The first-order valence-electron chi connectivity index (χ1n) is 7.22. The molecule has 1 aromatic heterocycles. The molecule has 0 spiro atoms. The van der Waals surface area contributed by atoms with E-state index in [0.717, 1.165) is 18.9 Å².